The molecule has 2 amide bonds. The van der Waals surface area contributed by atoms with Crippen molar-refractivity contribution in [2.75, 3.05) is 10.8 Å². The van der Waals surface area contributed by atoms with Crippen LogP contribution in [0.4, 0.5) is 5.69 Å². The molecule has 0 radical (unpaired) electrons. The maximum atomic E-state index is 14.6. The van der Waals surface area contributed by atoms with Crippen LogP contribution in [0.5, 0.6) is 0 Å². The number of anilines is 1. The van der Waals surface area contributed by atoms with E-state index in [1.54, 1.807) is 55.5 Å². The number of nitrogens with zero attached hydrogens (tertiary/aromatic N) is 2. The Morgan fingerprint density at radius 1 is 0.870 bits per heavy atom. The Kier molecular flexibility index (Phi) is 11.9. The summed E-state index contributed by atoms with van der Waals surface area (Å²) >= 11 is 12.9. The number of amides is 2. The van der Waals surface area contributed by atoms with Crippen molar-refractivity contribution in [3.63, 3.8) is 0 Å². The van der Waals surface area contributed by atoms with Crippen LogP contribution in [0.3, 0.4) is 0 Å². The van der Waals surface area contributed by atoms with Gasteiger partial charge in [0.25, 0.3) is 10.0 Å². The van der Waals surface area contributed by atoms with E-state index in [1.807, 2.05) is 51.1 Å². The molecule has 4 aromatic carbocycles. The Bertz CT molecular complexity index is 1770. The molecular formula is C36H39Cl2N3O4S. The SMILES string of the molecule is CC[C@H](C)NC(=O)[C@H](Cc1ccccc1)N(Cc1ccccc1Cl)C(=O)CN(c1cc(Cl)ccc1C)S(=O)(=O)c1ccc(C)cc1. The van der Waals surface area contributed by atoms with E-state index in [1.165, 1.54) is 23.1 Å². The molecule has 0 bridgehead atoms. The number of halogens is 2. The van der Waals surface area contributed by atoms with Crippen LogP contribution in [0.25, 0.3) is 0 Å². The fourth-order valence-corrected chi connectivity index (χ4v) is 6.84. The summed E-state index contributed by atoms with van der Waals surface area (Å²) in [6.07, 6.45) is 0.902. The zero-order valence-corrected chi connectivity index (χ0v) is 28.7. The number of sulfonamides is 1. The van der Waals surface area contributed by atoms with E-state index in [-0.39, 0.29) is 35.5 Å². The second kappa shape index (κ2) is 15.6. The first kappa shape index (κ1) is 35.0. The van der Waals surface area contributed by atoms with Crippen LogP contribution in [-0.4, -0.2) is 43.8 Å². The van der Waals surface area contributed by atoms with Gasteiger partial charge in [-0.15, -0.1) is 0 Å². The monoisotopic (exact) mass is 679 g/mol. The van der Waals surface area contributed by atoms with Crippen molar-refractivity contribution in [2.24, 2.45) is 0 Å². The Hall–Kier alpha value is -3.85. The fourth-order valence-electron chi connectivity index (χ4n) is 5.01. The topological polar surface area (TPSA) is 86.8 Å². The first-order valence-electron chi connectivity index (χ1n) is 15.1. The van der Waals surface area contributed by atoms with Crippen molar-refractivity contribution in [1.82, 2.24) is 10.2 Å². The largest absolute Gasteiger partial charge is 0.352 e. The van der Waals surface area contributed by atoms with Gasteiger partial charge < -0.3 is 10.2 Å². The minimum Gasteiger partial charge on any atom is -0.352 e. The summed E-state index contributed by atoms with van der Waals surface area (Å²) in [5.74, 6) is -0.916. The molecule has 4 aromatic rings. The lowest BCUT2D eigenvalue weighted by Gasteiger charge is -2.34. The van der Waals surface area contributed by atoms with Crippen molar-refractivity contribution in [2.45, 2.75) is 64.1 Å². The Labute approximate surface area is 282 Å². The molecular weight excluding hydrogens is 641 g/mol. The van der Waals surface area contributed by atoms with Crippen LogP contribution in [0.1, 0.15) is 42.5 Å². The molecule has 0 aliphatic rings. The number of carbonyl (C=O) groups is 2. The van der Waals surface area contributed by atoms with E-state index in [0.717, 1.165) is 15.4 Å². The summed E-state index contributed by atoms with van der Waals surface area (Å²) in [5, 5.41) is 3.78. The Morgan fingerprint density at radius 3 is 2.17 bits per heavy atom. The molecule has 1 N–H and O–H groups in total. The summed E-state index contributed by atoms with van der Waals surface area (Å²) in [4.78, 5) is 30.0. The number of hydrogen-bond acceptors (Lipinski definition) is 4. The second-order valence-corrected chi connectivity index (χ2v) is 14.1. The first-order chi connectivity index (χ1) is 21.9. The lowest BCUT2D eigenvalue weighted by molar-refractivity contribution is -0.140. The molecule has 7 nitrogen and oxygen atoms in total. The summed E-state index contributed by atoms with van der Waals surface area (Å²) in [5.41, 5.74) is 3.24. The van der Waals surface area contributed by atoms with Gasteiger partial charge in [-0.05, 0) is 74.2 Å². The van der Waals surface area contributed by atoms with E-state index < -0.39 is 28.5 Å². The highest BCUT2D eigenvalue weighted by Crippen LogP contribution is 2.30. The number of rotatable bonds is 13. The van der Waals surface area contributed by atoms with Crippen molar-refractivity contribution in [3.05, 3.63) is 129 Å². The lowest BCUT2D eigenvalue weighted by Crippen LogP contribution is -2.54. The van der Waals surface area contributed by atoms with Crippen LogP contribution < -0.4 is 9.62 Å². The third-order valence-electron chi connectivity index (χ3n) is 7.90. The highest BCUT2D eigenvalue weighted by Gasteiger charge is 2.35. The van der Waals surface area contributed by atoms with Crippen molar-refractivity contribution >= 4 is 50.7 Å². The highest BCUT2D eigenvalue weighted by molar-refractivity contribution is 7.92. The molecule has 0 fully saturated rings. The van der Waals surface area contributed by atoms with Gasteiger partial charge in [0.1, 0.15) is 12.6 Å². The summed E-state index contributed by atoms with van der Waals surface area (Å²) in [6.45, 7) is 6.89. The van der Waals surface area contributed by atoms with Crippen LogP contribution in [0.2, 0.25) is 10.0 Å². The fraction of sp³-hybridized carbons (Fsp3) is 0.278. The zero-order valence-electron chi connectivity index (χ0n) is 26.4. The quantitative estimate of drug-likeness (QED) is 0.160. The molecule has 46 heavy (non-hydrogen) atoms. The van der Waals surface area contributed by atoms with Crippen molar-refractivity contribution < 1.29 is 18.0 Å². The molecule has 10 heteroatoms. The van der Waals surface area contributed by atoms with Gasteiger partial charge in [0.15, 0.2) is 0 Å². The molecule has 2 atom stereocenters. The van der Waals surface area contributed by atoms with E-state index in [9.17, 15) is 18.0 Å². The number of hydrogen-bond donors (Lipinski definition) is 1. The predicted molar refractivity (Wildman–Crippen MR) is 186 cm³/mol. The van der Waals surface area contributed by atoms with Gasteiger partial charge in [-0.3, -0.25) is 13.9 Å². The first-order valence-corrected chi connectivity index (χ1v) is 17.3. The molecule has 0 saturated carbocycles. The number of carbonyl (C=O) groups excluding carboxylic acids is 2. The Balaban J connectivity index is 1.85. The standard InChI is InChI=1S/C36H39Cl2N3O4S/c1-5-27(4)39-36(43)34(21-28-11-7-6-8-12-28)40(23-29-13-9-10-14-32(29)38)35(42)24-41(33-22-30(37)18-17-26(33)3)46(44,45)31-19-15-25(2)16-20-31/h6-20,22,27,34H,5,21,23-24H2,1-4H3,(H,39,43)/t27-,34-/m0/s1. The minimum absolute atomic E-state index is 0.0170. The van der Waals surface area contributed by atoms with E-state index in [2.05, 4.69) is 5.32 Å². The Morgan fingerprint density at radius 2 is 1.52 bits per heavy atom. The second-order valence-electron chi connectivity index (χ2n) is 11.4. The normalized spacial score (nSPS) is 12.7. The average Bonchev–Trinajstić information content (AvgIpc) is 3.04. The van der Waals surface area contributed by atoms with Gasteiger partial charge >= 0.3 is 0 Å². The van der Waals surface area contributed by atoms with E-state index >= 15 is 0 Å². The summed E-state index contributed by atoms with van der Waals surface area (Å²) in [6, 6.07) is 26.7. The van der Waals surface area contributed by atoms with Crippen molar-refractivity contribution in [1.29, 1.82) is 0 Å². The van der Waals surface area contributed by atoms with Crippen LogP contribution >= 0.6 is 23.2 Å². The maximum absolute atomic E-state index is 14.6. The highest BCUT2D eigenvalue weighted by atomic mass is 35.5. The van der Waals surface area contributed by atoms with E-state index in [0.29, 0.717) is 27.6 Å². The van der Waals surface area contributed by atoms with Crippen LogP contribution in [0, 0.1) is 13.8 Å². The molecule has 4 rings (SSSR count). The molecule has 0 spiro atoms. The lowest BCUT2D eigenvalue weighted by atomic mass is 10.0. The number of nitrogens with one attached hydrogen (secondary N) is 1. The molecule has 0 aliphatic carbocycles. The molecule has 0 aliphatic heterocycles. The number of benzene rings is 4. The maximum Gasteiger partial charge on any atom is 0.264 e. The van der Waals surface area contributed by atoms with Crippen LogP contribution in [0.15, 0.2) is 102 Å². The molecule has 0 saturated heterocycles. The number of aryl methyl sites for hydroxylation is 2. The van der Waals surface area contributed by atoms with Gasteiger partial charge in [-0.25, -0.2) is 8.42 Å². The van der Waals surface area contributed by atoms with Gasteiger partial charge in [0.05, 0.1) is 10.6 Å². The van der Waals surface area contributed by atoms with Crippen LogP contribution in [-0.2, 0) is 32.6 Å². The molecule has 0 heterocycles. The molecule has 0 unspecified atom stereocenters. The average molecular weight is 681 g/mol. The van der Waals surface area contributed by atoms with Gasteiger partial charge in [0, 0.05) is 29.1 Å². The van der Waals surface area contributed by atoms with Gasteiger partial charge in [0.2, 0.25) is 11.8 Å². The smallest absolute Gasteiger partial charge is 0.264 e. The third kappa shape index (κ3) is 8.69. The predicted octanol–water partition coefficient (Wildman–Crippen LogP) is 7.36. The van der Waals surface area contributed by atoms with Crippen molar-refractivity contribution in [3.8, 4) is 0 Å². The molecule has 0 aromatic heterocycles. The minimum atomic E-state index is -4.25. The zero-order chi connectivity index (χ0) is 33.4. The molecule has 242 valence electrons. The third-order valence-corrected chi connectivity index (χ3v) is 10.3. The summed E-state index contributed by atoms with van der Waals surface area (Å²) in [7, 11) is -4.25. The van der Waals surface area contributed by atoms with Gasteiger partial charge in [-0.1, -0.05) is 102 Å². The van der Waals surface area contributed by atoms with E-state index in [4.69, 9.17) is 23.2 Å². The van der Waals surface area contributed by atoms with Gasteiger partial charge in [-0.2, -0.15) is 0 Å². The summed E-state index contributed by atoms with van der Waals surface area (Å²) < 4.78 is 29.6.